The van der Waals surface area contributed by atoms with E-state index in [9.17, 15) is 4.79 Å². The van der Waals surface area contributed by atoms with E-state index in [1.165, 1.54) is 18.1 Å². The summed E-state index contributed by atoms with van der Waals surface area (Å²) in [5.41, 5.74) is 2.56. The maximum absolute atomic E-state index is 12.1. The molecule has 122 valence electrons. The third-order valence-electron chi connectivity index (χ3n) is 3.44. The summed E-state index contributed by atoms with van der Waals surface area (Å²) >= 11 is 1.32. The van der Waals surface area contributed by atoms with E-state index in [4.69, 9.17) is 0 Å². The molecule has 0 aliphatic carbocycles. The molecule has 0 radical (unpaired) electrons. The Morgan fingerprint density at radius 3 is 2.60 bits per heavy atom. The Hall–Kier alpha value is -3.26. The third kappa shape index (κ3) is 3.48. The van der Waals surface area contributed by atoms with Crippen LogP contribution in [0, 0.1) is 0 Å². The number of amides is 1. The van der Waals surface area contributed by atoms with Gasteiger partial charge in [-0.05, 0) is 58.1 Å². The van der Waals surface area contributed by atoms with Gasteiger partial charge in [0.2, 0.25) is 0 Å². The summed E-state index contributed by atoms with van der Waals surface area (Å²) in [7, 11) is 0. The second-order valence-corrected chi connectivity index (χ2v) is 6.19. The lowest BCUT2D eigenvalue weighted by Gasteiger charge is -2.00. The number of carbonyl (C=O) groups excluding carboxylic acids is 1. The standard InChI is InChI=1S/C17H12N6OS/c24-16-15(25-17(20-16)19-13-4-2-1-3-5-13)10-12-6-8-14(9-7-12)23-11-18-21-22-23/h1-11H,(H,19,20,24)/b15-10-. The van der Waals surface area contributed by atoms with E-state index in [-0.39, 0.29) is 5.91 Å². The van der Waals surface area contributed by atoms with E-state index >= 15 is 0 Å². The van der Waals surface area contributed by atoms with E-state index in [0.29, 0.717) is 10.1 Å². The number of carbonyl (C=O) groups is 1. The molecule has 1 fully saturated rings. The summed E-state index contributed by atoms with van der Waals surface area (Å²) in [6.45, 7) is 0. The minimum absolute atomic E-state index is 0.149. The summed E-state index contributed by atoms with van der Waals surface area (Å²) in [6.07, 6.45) is 3.36. The predicted molar refractivity (Wildman–Crippen MR) is 96.4 cm³/mol. The average Bonchev–Trinajstić information content (AvgIpc) is 3.27. The molecule has 2 aromatic carbocycles. The van der Waals surface area contributed by atoms with Crippen molar-refractivity contribution < 1.29 is 4.79 Å². The maximum atomic E-state index is 12.1. The number of thioether (sulfide) groups is 1. The lowest BCUT2D eigenvalue weighted by Crippen LogP contribution is -2.19. The molecule has 8 heteroatoms. The minimum Gasteiger partial charge on any atom is -0.300 e. The predicted octanol–water partition coefficient (Wildman–Crippen LogP) is 2.55. The molecular formula is C17H12N6OS. The summed E-state index contributed by atoms with van der Waals surface area (Å²) in [4.78, 5) is 17.2. The van der Waals surface area contributed by atoms with Gasteiger partial charge in [-0.3, -0.25) is 4.79 Å². The second-order valence-electron chi connectivity index (χ2n) is 5.16. The lowest BCUT2D eigenvalue weighted by molar-refractivity contribution is -0.115. The van der Waals surface area contributed by atoms with Crippen LogP contribution in [-0.4, -0.2) is 31.3 Å². The highest BCUT2D eigenvalue weighted by molar-refractivity contribution is 8.18. The Kier molecular flexibility index (Phi) is 4.09. The lowest BCUT2D eigenvalue weighted by atomic mass is 10.2. The van der Waals surface area contributed by atoms with Gasteiger partial charge in [0, 0.05) is 0 Å². The molecule has 1 aromatic heterocycles. The molecule has 0 bridgehead atoms. The molecule has 1 aliphatic rings. The highest BCUT2D eigenvalue weighted by Crippen LogP contribution is 2.28. The van der Waals surface area contributed by atoms with Crippen molar-refractivity contribution >= 4 is 34.6 Å². The topological polar surface area (TPSA) is 85.1 Å². The first-order chi connectivity index (χ1) is 12.3. The molecule has 3 aromatic rings. The summed E-state index contributed by atoms with van der Waals surface area (Å²) in [6, 6.07) is 17.1. The number of aromatic nitrogens is 4. The van der Waals surface area contributed by atoms with Crippen molar-refractivity contribution in [3.05, 3.63) is 71.4 Å². The van der Waals surface area contributed by atoms with Gasteiger partial charge in [0.15, 0.2) is 5.17 Å². The summed E-state index contributed by atoms with van der Waals surface area (Å²) < 4.78 is 1.57. The molecule has 0 spiro atoms. The van der Waals surface area contributed by atoms with Gasteiger partial charge in [-0.2, -0.15) is 0 Å². The van der Waals surface area contributed by atoms with E-state index < -0.39 is 0 Å². The molecule has 1 aliphatic heterocycles. The first-order valence-electron chi connectivity index (χ1n) is 7.46. The first-order valence-corrected chi connectivity index (χ1v) is 8.28. The molecule has 0 unspecified atom stereocenters. The Morgan fingerprint density at radius 1 is 1.08 bits per heavy atom. The summed E-state index contributed by atoms with van der Waals surface area (Å²) in [5.74, 6) is -0.149. The highest BCUT2D eigenvalue weighted by Gasteiger charge is 2.23. The van der Waals surface area contributed by atoms with E-state index in [0.717, 1.165) is 16.9 Å². The molecule has 0 saturated carbocycles. The zero-order chi connectivity index (χ0) is 17.1. The molecule has 4 rings (SSSR count). The highest BCUT2D eigenvalue weighted by atomic mass is 32.2. The maximum Gasteiger partial charge on any atom is 0.264 e. The smallest absolute Gasteiger partial charge is 0.264 e. The number of hydrogen-bond acceptors (Lipinski definition) is 6. The van der Waals surface area contributed by atoms with Gasteiger partial charge in [0.1, 0.15) is 6.33 Å². The van der Waals surface area contributed by atoms with Crippen molar-refractivity contribution in [2.24, 2.45) is 4.99 Å². The van der Waals surface area contributed by atoms with Crippen molar-refractivity contribution in [1.29, 1.82) is 0 Å². The second kappa shape index (κ2) is 6.70. The zero-order valence-electron chi connectivity index (χ0n) is 12.9. The van der Waals surface area contributed by atoms with Crippen molar-refractivity contribution in [2.75, 3.05) is 0 Å². The van der Waals surface area contributed by atoms with Crippen LogP contribution in [-0.2, 0) is 4.79 Å². The Balaban J connectivity index is 1.53. The fourth-order valence-corrected chi connectivity index (χ4v) is 3.10. The number of nitrogens with one attached hydrogen (secondary N) is 1. The third-order valence-corrected chi connectivity index (χ3v) is 4.35. The van der Waals surface area contributed by atoms with Crippen LogP contribution in [0.3, 0.4) is 0 Å². The molecular weight excluding hydrogens is 336 g/mol. The van der Waals surface area contributed by atoms with Gasteiger partial charge in [0.05, 0.1) is 16.3 Å². The van der Waals surface area contributed by atoms with Gasteiger partial charge < -0.3 is 5.32 Å². The van der Waals surface area contributed by atoms with Gasteiger partial charge in [-0.1, -0.05) is 30.3 Å². The molecule has 7 nitrogen and oxygen atoms in total. The molecule has 1 N–H and O–H groups in total. The van der Waals surface area contributed by atoms with Crippen molar-refractivity contribution in [3.8, 4) is 5.69 Å². The Labute approximate surface area is 147 Å². The SMILES string of the molecule is O=C1NC(=Nc2ccccc2)S/C1=C\c1ccc(-n2cnnn2)cc1. The number of nitrogens with zero attached hydrogens (tertiary/aromatic N) is 5. The van der Waals surface area contributed by atoms with Crippen LogP contribution in [0.2, 0.25) is 0 Å². The number of para-hydroxylation sites is 1. The number of benzene rings is 2. The van der Waals surface area contributed by atoms with Crippen LogP contribution in [0.15, 0.2) is 70.8 Å². The van der Waals surface area contributed by atoms with Crippen LogP contribution in [0.25, 0.3) is 11.8 Å². The fraction of sp³-hybridized carbons (Fsp3) is 0. The number of amidine groups is 1. The molecule has 1 amide bonds. The summed E-state index contributed by atoms with van der Waals surface area (Å²) in [5, 5.41) is 14.4. The van der Waals surface area contributed by atoms with Crippen LogP contribution < -0.4 is 5.32 Å². The van der Waals surface area contributed by atoms with E-state index in [1.807, 2.05) is 60.7 Å². The monoisotopic (exact) mass is 348 g/mol. The Bertz CT molecular complexity index is 949. The average molecular weight is 348 g/mol. The van der Waals surface area contributed by atoms with Crippen LogP contribution in [0.1, 0.15) is 5.56 Å². The molecule has 2 heterocycles. The van der Waals surface area contributed by atoms with Crippen LogP contribution in [0.4, 0.5) is 5.69 Å². The molecule has 25 heavy (non-hydrogen) atoms. The Morgan fingerprint density at radius 2 is 1.88 bits per heavy atom. The van der Waals surface area contributed by atoms with E-state index in [2.05, 4.69) is 25.8 Å². The largest absolute Gasteiger partial charge is 0.300 e. The number of rotatable bonds is 3. The van der Waals surface area contributed by atoms with Crippen LogP contribution in [0.5, 0.6) is 0 Å². The van der Waals surface area contributed by atoms with Crippen molar-refractivity contribution in [3.63, 3.8) is 0 Å². The quantitative estimate of drug-likeness (QED) is 0.735. The van der Waals surface area contributed by atoms with Gasteiger partial charge in [0.25, 0.3) is 5.91 Å². The minimum atomic E-state index is -0.149. The molecule has 0 atom stereocenters. The number of tetrazole rings is 1. The number of hydrogen-bond donors (Lipinski definition) is 1. The van der Waals surface area contributed by atoms with Gasteiger partial charge in [-0.25, -0.2) is 9.67 Å². The van der Waals surface area contributed by atoms with Crippen LogP contribution >= 0.6 is 11.8 Å². The zero-order valence-corrected chi connectivity index (χ0v) is 13.7. The number of aliphatic imine (C=N–C) groups is 1. The fourth-order valence-electron chi connectivity index (χ4n) is 2.25. The van der Waals surface area contributed by atoms with Gasteiger partial charge in [-0.15, -0.1) is 5.10 Å². The van der Waals surface area contributed by atoms with E-state index in [1.54, 1.807) is 4.68 Å². The first kappa shape index (κ1) is 15.3. The van der Waals surface area contributed by atoms with Gasteiger partial charge >= 0.3 is 0 Å². The normalized spacial score (nSPS) is 17.2. The molecule has 1 saturated heterocycles. The van der Waals surface area contributed by atoms with Crippen molar-refractivity contribution in [2.45, 2.75) is 0 Å². The van der Waals surface area contributed by atoms with Crippen molar-refractivity contribution in [1.82, 2.24) is 25.5 Å².